The van der Waals surface area contributed by atoms with E-state index in [1.165, 1.54) is 5.39 Å². The molecule has 2 heterocycles. The summed E-state index contributed by atoms with van der Waals surface area (Å²) in [7, 11) is 0. The van der Waals surface area contributed by atoms with Gasteiger partial charge in [-0.1, -0.05) is 24.3 Å². The van der Waals surface area contributed by atoms with Crippen molar-refractivity contribution in [1.82, 2.24) is 21.1 Å². The van der Waals surface area contributed by atoms with Gasteiger partial charge in [-0.05, 0) is 12.1 Å². The van der Waals surface area contributed by atoms with Crippen molar-refractivity contribution < 1.29 is 5.11 Å². The minimum atomic E-state index is 0. The topological polar surface area (TPSA) is 96.8 Å². The quantitative estimate of drug-likeness (QED) is 0.657. The minimum Gasteiger partial charge on any atom is -0.396 e. The number of aliphatic hydroxyl groups is 1. The maximum absolute atomic E-state index is 8.38. The third-order valence-corrected chi connectivity index (χ3v) is 2.42. The molecule has 3 aromatic rings. The normalized spacial score (nSPS) is 9.32. The molecule has 0 amide bonds. The summed E-state index contributed by atoms with van der Waals surface area (Å²) in [5.41, 5.74) is 1.06. The summed E-state index contributed by atoms with van der Waals surface area (Å²) in [5.74, 6) is 0.840. The van der Waals surface area contributed by atoms with Crippen molar-refractivity contribution in [1.29, 1.82) is 0 Å². The van der Waals surface area contributed by atoms with Crippen LogP contribution in [0, 0.1) is 0 Å². The number of aromatic nitrogens is 3. The van der Waals surface area contributed by atoms with Crippen molar-refractivity contribution in [3.8, 4) is 0 Å². The lowest BCUT2D eigenvalue weighted by molar-refractivity contribution is 0.297. The number of hydrogen-bond acceptors (Lipinski definition) is 4. The first kappa shape index (κ1) is 14.8. The molecule has 0 bridgehead atoms. The monoisotopic (exact) mass is 258 g/mol. The Bertz CT molecular complexity index is 515. The number of nitrogens with zero attached hydrogens (tertiary/aromatic N) is 2. The lowest BCUT2D eigenvalue weighted by Crippen LogP contribution is -1.91. The van der Waals surface area contributed by atoms with Crippen molar-refractivity contribution in [3.63, 3.8) is 0 Å². The van der Waals surface area contributed by atoms with E-state index in [1.54, 1.807) is 12.4 Å². The lowest BCUT2D eigenvalue weighted by Gasteiger charge is -1.91. The molecular formula is C14H18N4O. The molecule has 2 aromatic heterocycles. The number of imidazole rings is 1. The fraction of sp³-hybridized carbons (Fsp3) is 0.143. The van der Waals surface area contributed by atoms with Crippen LogP contribution in [-0.2, 0) is 6.42 Å². The standard InChI is InChI=1S/C9H7N.C5H8N2O.H3N/c1-2-6-9-8(4-1)5-3-7-10-9;8-4-1-5-6-2-3-7-5;/h1-7H;2-3,8H,1,4H2,(H,6,7);1H3. The zero-order valence-corrected chi connectivity index (χ0v) is 10.7. The Morgan fingerprint density at radius 2 is 1.79 bits per heavy atom. The van der Waals surface area contributed by atoms with Crippen molar-refractivity contribution in [2.45, 2.75) is 6.42 Å². The molecule has 0 saturated carbocycles. The predicted molar refractivity (Wildman–Crippen MR) is 76.1 cm³/mol. The molecule has 0 atom stereocenters. The Hall–Kier alpha value is -2.24. The molecule has 0 saturated heterocycles. The molecule has 0 aliphatic heterocycles. The average molecular weight is 258 g/mol. The van der Waals surface area contributed by atoms with Gasteiger partial charge in [0.15, 0.2) is 0 Å². The lowest BCUT2D eigenvalue weighted by atomic mass is 10.2. The predicted octanol–water partition coefficient (Wildman–Crippen LogP) is 2.34. The van der Waals surface area contributed by atoms with Crippen LogP contribution >= 0.6 is 0 Å². The zero-order valence-electron chi connectivity index (χ0n) is 10.7. The third kappa shape index (κ3) is 4.50. The average Bonchev–Trinajstić information content (AvgIpc) is 2.93. The number of rotatable bonds is 2. The van der Waals surface area contributed by atoms with Gasteiger partial charge in [-0.15, -0.1) is 0 Å². The molecule has 0 aliphatic carbocycles. The first-order valence-electron chi connectivity index (χ1n) is 5.79. The number of benzene rings is 1. The molecule has 0 spiro atoms. The molecule has 0 unspecified atom stereocenters. The van der Waals surface area contributed by atoms with E-state index in [1.807, 2.05) is 30.5 Å². The van der Waals surface area contributed by atoms with Crippen molar-refractivity contribution in [2.75, 3.05) is 6.61 Å². The SMILES string of the molecule is N.OCCc1ncc[nH]1.c1ccc2ncccc2c1. The number of para-hydroxylation sites is 1. The van der Waals surface area contributed by atoms with E-state index >= 15 is 0 Å². The summed E-state index contributed by atoms with van der Waals surface area (Å²) < 4.78 is 0. The summed E-state index contributed by atoms with van der Waals surface area (Å²) >= 11 is 0. The molecule has 5 nitrogen and oxygen atoms in total. The maximum Gasteiger partial charge on any atom is 0.108 e. The number of pyridine rings is 1. The van der Waals surface area contributed by atoms with Crippen LogP contribution in [0.3, 0.4) is 0 Å². The van der Waals surface area contributed by atoms with Gasteiger partial charge in [0, 0.05) is 30.4 Å². The van der Waals surface area contributed by atoms with Crippen LogP contribution in [0.4, 0.5) is 0 Å². The van der Waals surface area contributed by atoms with E-state index in [2.05, 4.69) is 27.1 Å². The summed E-state index contributed by atoms with van der Waals surface area (Å²) in [4.78, 5) is 10.9. The third-order valence-electron chi connectivity index (χ3n) is 2.42. The van der Waals surface area contributed by atoms with Gasteiger partial charge in [-0.3, -0.25) is 4.98 Å². The molecule has 5 N–H and O–H groups in total. The highest BCUT2D eigenvalue weighted by Gasteiger charge is 1.88. The highest BCUT2D eigenvalue weighted by Crippen LogP contribution is 2.07. The Kier molecular flexibility index (Phi) is 6.21. The van der Waals surface area contributed by atoms with E-state index in [4.69, 9.17) is 5.11 Å². The second-order valence-electron chi connectivity index (χ2n) is 3.71. The minimum absolute atomic E-state index is 0. The first-order chi connectivity index (χ1) is 8.90. The van der Waals surface area contributed by atoms with E-state index in [0.29, 0.717) is 6.42 Å². The fourth-order valence-corrected chi connectivity index (χ4v) is 1.56. The van der Waals surface area contributed by atoms with Gasteiger partial charge >= 0.3 is 0 Å². The molecule has 0 radical (unpaired) electrons. The number of H-pyrrole nitrogens is 1. The summed E-state index contributed by atoms with van der Waals surface area (Å²) in [6, 6.07) is 12.1. The van der Waals surface area contributed by atoms with Gasteiger partial charge in [0.2, 0.25) is 0 Å². The number of nitrogens with one attached hydrogen (secondary N) is 1. The summed E-state index contributed by atoms with van der Waals surface area (Å²) in [6.07, 6.45) is 5.84. The smallest absolute Gasteiger partial charge is 0.108 e. The van der Waals surface area contributed by atoms with Crippen LogP contribution in [0.1, 0.15) is 5.82 Å². The number of aliphatic hydroxyl groups excluding tert-OH is 1. The Morgan fingerprint density at radius 1 is 1.00 bits per heavy atom. The van der Waals surface area contributed by atoms with Crippen LogP contribution < -0.4 is 6.15 Å². The largest absolute Gasteiger partial charge is 0.396 e. The van der Waals surface area contributed by atoms with Gasteiger partial charge < -0.3 is 16.2 Å². The van der Waals surface area contributed by atoms with Crippen LogP contribution in [-0.4, -0.2) is 26.7 Å². The fourth-order valence-electron chi connectivity index (χ4n) is 1.56. The van der Waals surface area contributed by atoms with E-state index in [0.717, 1.165) is 11.3 Å². The second-order valence-corrected chi connectivity index (χ2v) is 3.71. The first-order valence-corrected chi connectivity index (χ1v) is 5.79. The molecule has 0 fully saturated rings. The van der Waals surface area contributed by atoms with Gasteiger partial charge in [0.25, 0.3) is 0 Å². The van der Waals surface area contributed by atoms with Gasteiger partial charge in [0.05, 0.1) is 12.1 Å². The maximum atomic E-state index is 8.38. The second kappa shape index (κ2) is 7.97. The molecule has 19 heavy (non-hydrogen) atoms. The summed E-state index contributed by atoms with van der Waals surface area (Å²) in [6.45, 7) is 0.160. The van der Waals surface area contributed by atoms with Crippen LogP contribution in [0.5, 0.6) is 0 Å². The zero-order chi connectivity index (χ0) is 12.6. The number of aromatic amines is 1. The van der Waals surface area contributed by atoms with E-state index in [-0.39, 0.29) is 12.8 Å². The molecular weight excluding hydrogens is 240 g/mol. The molecule has 1 aromatic carbocycles. The highest BCUT2D eigenvalue weighted by molar-refractivity contribution is 5.77. The van der Waals surface area contributed by atoms with Crippen LogP contribution in [0.2, 0.25) is 0 Å². The van der Waals surface area contributed by atoms with Gasteiger partial charge in [-0.2, -0.15) is 0 Å². The molecule has 3 rings (SSSR count). The van der Waals surface area contributed by atoms with Crippen molar-refractivity contribution >= 4 is 10.9 Å². The van der Waals surface area contributed by atoms with Crippen LogP contribution in [0.15, 0.2) is 55.0 Å². The van der Waals surface area contributed by atoms with Crippen molar-refractivity contribution in [2.24, 2.45) is 0 Å². The van der Waals surface area contributed by atoms with E-state index in [9.17, 15) is 0 Å². The Balaban J connectivity index is 0.000000185. The molecule has 5 heteroatoms. The molecule has 100 valence electrons. The van der Waals surface area contributed by atoms with Crippen LogP contribution in [0.25, 0.3) is 10.9 Å². The van der Waals surface area contributed by atoms with Crippen molar-refractivity contribution in [3.05, 3.63) is 60.8 Å². The Labute approximate surface area is 111 Å². The Morgan fingerprint density at radius 3 is 2.47 bits per heavy atom. The summed E-state index contributed by atoms with van der Waals surface area (Å²) in [5, 5.41) is 9.58. The number of fused-ring (bicyclic) bond motifs is 1. The molecule has 0 aliphatic rings. The van der Waals surface area contributed by atoms with Gasteiger partial charge in [0.1, 0.15) is 5.82 Å². The highest BCUT2D eigenvalue weighted by atomic mass is 16.3. The number of hydrogen-bond donors (Lipinski definition) is 3. The van der Waals surface area contributed by atoms with E-state index < -0.39 is 0 Å². The van der Waals surface area contributed by atoms with Gasteiger partial charge in [-0.25, -0.2) is 4.98 Å².